The summed E-state index contributed by atoms with van der Waals surface area (Å²) in [5.41, 5.74) is 0.130. The van der Waals surface area contributed by atoms with Gasteiger partial charge in [-0.3, -0.25) is 4.72 Å². The Balaban J connectivity index is 1.48. The van der Waals surface area contributed by atoms with Crippen molar-refractivity contribution in [2.75, 3.05) is 10.6 Å². The molecule has 0 heterocycles. The van der Waals surface area contributed by atoms with Gasteiger partial charge in [-0.1, -0.05) is 12.8 Å². The van der Waals surface area contributed by atoms with Crippen molar-refractivity contribution in [1.82, 2.24) is 4.72 Å². The fourth-order valence-corrected chi connectivity index (χ4v) is 3.65. The normalized spacial score (nSPS) is 14.9. The number of halogens is 3. The molecular formula is C19H20F3N3OS. The number of benzene rings is 2. The van der Waals surface area contributed by atoms with Gasteiger partial charge < -0.3 is 10.6 Å². The summed E-state index contributed by atoms with van der Waals surface area (Å²) in [4.78, 5) is 13.0. The lowest BCUT2D eigenvalue weighted by atomic mass is 10.2. The Morgan fingerprint density at radius 3 is 1.93 bits per heavy atom. The second kappa shape index (κ2) is 8.67. The van der Waals surface area contributed by atoms with E-state index in [0.29, 0.717) is 11.7 Å². The van der Waals surface area contributed by atoms with Crippen molar-refractivity contribution in [2.45, 2.75) is 42.8 Å². The lowest BCUT2D eigenvalue weighted by Crippen LogP contribution is -2.19. The van der Waals surface area contributed by atoms with Crippen molar-refractivity contribution >= 4 is 29.4 Å². The Hall–Kier alpha value is -2.19. The van der Waals surface area contributed by atoms with Crippen LogP contribution in [0.25, 0.3) is 0 Å². The van der Waals surface area contributed by atoms with Gasteiger partial charge in [-0.05, 0) is 73.3 Å². The molecule has 2 aromatic carbocycles. The van der Waals surface area contributed by atoms with Gasteiger partial charge in [0.25, 0.3) is 0 Å². The monoisotopic (exact) mass is 395 g/mol. The van der Waals surface area contributed by atoms with Crippen LogP contribution in [0.4, 0.5) is 29.3 Å². The predicted octanol–water partition coefficient (Wildman–Crippen LogP) is 5.89. The summed E-state index contributed by atoms with van der Waals surface area (Å²) in [6.07, 6.45) is 0.560. The molecule has 144 valence electrons. The number of hydrogen-bond donors (Lipinski definition) is 3. The fraction of sp³-hybridized carbons (Fsp3) is 0.316. The van der Waals surface area contributed by atoms with Crippen molar-refractivity contribution in [3.8, 4) is 0 Å². The molecule has 0 unspecified atom stereocenters. The highest BCUT2D eigenvalue weighted by Gasteiger charge is 2.29. The van der Waals surface area contributed by atoms with E-state index in [1.807, 2.05) is 12.1 Å². The first-order valence-corrected chi connectivity index (χ1v) is 9.49. The summed E-state index contributed by atoms with van der Waals surface area (Å²) in [6.45, 7) is 0. The van der Waals surface area contributed by atoms with Crippen molar-refractivity contribution in [3.05, 3.63) is 54.1 Å². The van der Waals surface area contributed by atoms with Crippen LogP contribution < -0.4 is 15.4 Å². The summed E-state index contributed by atoms with van der Waals surface area (Å²) in [6, 6.07) is 11.7. The molecule has 0 spiro atoms. The zero-order chi connectivity index (χ0) is 19.3. The third-order valence-corrected chi connectivity index (χ3v) is 5.24. The molecule has 2 amide bonds. The van der Waals surface area contributed by atoms with E-state index in [-0.39, 0.29) is 5.69 Å². The zero-order valence-corrected chi connectivity index (χ0v) is 15.3. The third-order valence-electron chi connectivity index (χ3n) is 4.28. The van der Waals surface area contributed by atoms with E-state index in [0.717, 1.165) is 17.0 Å². The molecule has 1 fully saturated rings. The van der Waals surface area contributed by atoms with Gasteiger partial charge in [-0.2, -0.15) is 13.2 Å². The SMILES string of the molecule is O=C(Nc1ccc(SNC2CCCC2)cc1)Nc1ccc(C(F)(F)F)cc1. The van der Waals surface area contributed by atoms with E-state index < -0.39 is 17.8 Å². The van der Waals surface area contributed by atoms with E-state index in [4.69, 9.17) is 0 Å². The molecule has 3 rings (SSSR count). The second-order valence-corrected chi connectivity index (χ2v) is 7.29. The second-order valence-electron chi connectivity index (χ2n) is 6.38. The Morgan fingerprint density at radius 2 is 1.41 bits per heavy atom. The number of urea groups is 1. The van der Waals surface area contributed by atoms with Crippen molar-refractivity contribution in [2.24, 2.45) is 0 Å². The molecule has 0 atom stereocenters. The van der Waals surface area contributed by atoms with Crippen LogP contribution in [0.3, 0.4) is 0 Å². The average Bonchev–Trinajstić information content (AvgIpc) is 3.14. The Bertz CT molecular complexity index is 757. The van der Waals surface area contributed by atoms with E-state index in [9.17, 15) is 18.0 Å². The first-order valence-electron chi connectivity index (χ1n) is 8.68. The quantitative estimate of drug-likeness (QED) is 0.554. The third kappa shape index (κ3) is 5.90. The molecule has 1 saturated carbocycles. The van der Waals surface area contributed by atoms with Crippen molar-refractivity contribution < 1.29 is 18.0 Å². The number of carbonyl (C=O) groups is 1. The molecule has 0 aliphatic heterocycles. The molecular weight excluding hydrogens is 375 g/mol. The maximum atomic E-state index is 12.5. The summed E-state index contributed by atoms with van der Waals surface area (Å²) < 4.78 is 41.1. The van der Waals surface area contributed by atoms with Crippen LogP contribution in [0.15, 0.2) is 53.4 Å². The molecule has 4 nitrogen and oxygen atoms in total. The molecule has 0 saturated heterocycles. The molecule has 1 aliphatic carbocycles. The standard InChI is InChI=1S/C19H20F3N3OS/c20-19(21,22)13-5-7-14(8-6-13)23-18(26)24-15-9-11-17(12-10-15)27-25-16-3-1-2-4-16/h5-12,16,25H,1-4H2,(H2,23,24,26). The molecule has 1 aliphatic rings. The number of alkyl halides is 3. The van der Waals surface area contributed by atoms with Gasteiger partial charge >= 0.3 is 12.2 Å². The first kappa shape index (κ1) is 19.6. The average molecular weight is 395 g/mol. The largest absolute Gasteiger partial charge is 0.416 e. The zero-order valence-electron chi connectivity index (χ0n) is 14.5. The van der Waals surface area contributed by atoms with Gasteiger partial charge in [0.05, 0.1) is 5.56 Å². The highest BCUT2D eigenvalue weighted by molar-refractivity contribution is 7.97. The van der Waals surface area contributed by atoms with Crippen LogP contribution >= 0.6 is 11.9 Å². The fourth-order valence-electron chi connectivity index (χ4n) is 2.84. The van der Waals surface area contributed by atoms with E-state index in [1.54, 1.807) is 24.1 Å². The Morgan fingerprint density at radius 1 is 0.889 bits per heavy atom. The lowest BCUT2D eigenvalue weighted by Gasteiger charge is -2.12. The van der Waals surface area contributed by atoms with Gasteiger partial charge in [0, 0.05) is 22.3 Å². The summed E-state index contributed by atoms with van der Waals surface area (Å²) in [7, 11) is 0. The van der Waals surface area contributed by atoms with Crippen LogP contribution in [0.5, 0.6) is 0 Å². The number of hydrogen-bond acceptors (Lipinski definition) is 3. The molecule has 0 bridgehead atoms. The maximum absolute atomic E-state index is 12.5. The summed E-state index contributed by atoms with van der Waals surface area (Å²) >= 11 is 1.58. The first-order chi connectivity index (χ1) is 12.9. The van der Waals surface area contributed by atoms with E-state index >= 15 is 0 Å². The molecule has 0 radical (unpaired) electrons. The number of anilines is 2. The van der Waals surface area contributed by atoms with Gasteiger partial charge in [0.15, 0.2) is 0 Å². The predicted molar refractivity (Wildman–Crippen MR) is 102 cm³/mol. The minimum atomic E-state index is -4.40. The topological polar surface area (TPSA) is 53.2 Å². The van der Waals surface area contributed by atoms with Crippen LogP contribution in [0, 0.1) is 0 Å². The molecule has 0 aromatic heterocycles. The summed E-state index contributed by atoms with van der Waals surface area (Å²) in [5.74, 6) is 0. The van der Waals surface area contributed by atoms with Crippen molar-refractivity contribution in [3.63, 3.8) is 0 Å². The smallest absolute Gasteiger partial charge is 0.308 e. The highest BCUT2D eigenvalue weighted by atomic mass is 32.2. The maximum Gasteiger partial charge on any atom is 0.416 e. The number of amides is 2. The van der Waals surface area contributed by atoms with Gasteiger partial charge in [0.2, 0.25) is 0 Å². The van der Waals surface area contributed by atoms with Crippen LogP contribution in [-0.4, -0.2) is 12.1 Å². The highest BCUT2D eigenvalue weighted by Crippen LogP contribution is 2.30. The van der Waals surface area contributed by atoms with E-state index in [1.165, 1.54) is 37.8 Å². The minimum Gasteiger partial charge on any atom is -0.308 e. The van der Waals surface area contributed by atoms with E-state index in [2.05, 4.69) is 15.4 Å². The van der Waals surface area contributed by atoms with Crippen LogP contribution in [-0.2, 0) is 6.18 Å². The Labute approximate surface area is 160 Å². The van der Waals surface area contributed by atoms with Crippen molar-refractivity contribution in [1.29, 1.82) is 0 Å². The van der Waals surface area contributed by atoms with Gasteiger partial charge in [-0.25, -0.2) is 4.79 Å². The van der Waals surface area contributed by atoms with Crippen LogP contribution in [0.1, 0.15) is 31.2 Å². The molecule has 27 heavy (non-hydrogen) atoms. The molecule has 2 aromatic rings. The van der Waals surface area contributed by atoms with Gasteiger partial charge in [-0.15, -0.1) is 0 Å². The molecule has 8 heteroatoms. The van der Waals surface area contributed by atoms with Gasteiger partial charge in [0.1, 0.15) is 0 Å². The number of nitrogens with one attached hydrogen (secondary N) is 3. The minimum absolute atomic E-state index is 0.286. The number of rotatable bonds is 5. The van der Waals surface area contributed by atoms with Crippen LogP contribution in [0.2, 0.25) is 0 Å². The lowest BCUT2D eigenvalue weighted by molar-refractivity contribution is -0.137. The Kier molecular flexibility index (Phi) is 6.28. The summed E-state index contributed by atoms with van der Waals surface area (Å²) in [5, 5.41) is 5.17. The molecule has 3 N–H and O–H groups in total. The number of carbonyl (C=O) groups excluding carboxylic acids is 1.